The third-order valence-corrected chi connectivity index (χ3v) is 8.27. The zero-order valence-electron chi connectivity index (χ0n) is 18.5. The van der Waals surface area contributed by atoms with Gasteiger partial charge in [0.15, 0.2) is 17.2 Å². The molecule has 34 heavy (non-hydrogen) atoms. The van der Waals surface area contributed by atoms with Crippen molar-refractivity contribution in [3.63, 3.8) is 0 Å². The number of allylic oxidation sites excluding steroid dienone is 2. The Morgan fingerprint density at radius 1 is 1.15 bits per heavy atom. The molecule has 0 aliphatic heterocycles. The van der Waals surface area contributed by atoms with E-state index in [2.05, 4.69) is 0 Å². The fraction of sp³-hybridized carbons (Fsp3) is 0.480. The van der Waals surface area contributed by atoms with E-state index < -0.39 is 64.7 Å². The van der Waals surface area contributed by atoms with Gasteiger partial charge < -0.3 is 31.3 Å². The van der Waals surface area contributed by atoms with E-state index in [1.807, 2.05) is 12.2 Å². The van der Waals surface area contributed by atoms with Crippen molar-refractivity contribution in [1.29, 1.82) is 0 Å². The minimum Gasteiger partial charge on any atom is -0.508 e. The number of hydrogen-bond donors (Lipinski definition) is 6. The molecule has 4 aliphatic carbocycles. The first-order chi connectivity index (χ1) is 16.0. The number of ketones is 2. The van der Waals surface area contributed by atoms with Crippen LogP contribution in [-0.2, 0) is 9.59 Å². The lowest BCUT2D eigenvalue weighted by molar-refractivity contribution is -0.179. The molecule has 0 aromatic heterocycles. The summed E-state index contributed by atoms with van der Waals surface area (Å²) in [5.41, 5.74) is 3.13. The van der Waals surface area contributed by atoms with Crippen LogP contribution in [-0.4, -0.2) is 60.8 Å². The van der Waals surface area contributed by atoms with Crippen molar-refractivity contribution in [2.75, 3.05) is 0 Å². The van der Waals surface area contributed by atoms with Crippen molar-refractivity contribution in [3.05, 3.63) is 52.3 Å². The number of Topliss-reactive ketones (excluding diaryl/α,β-unsaturated/α-hetero) is 2. The third-order valence-electron chi connectivity index (χ3n) is 8.27. The highest BCUT2D eigenvalue weighted by atomic mass is 16.4. The highest BCUT2D eigenvalue weighted by molar-refractivity contribution is 6.16. The van der Waals surface area contributed by atoms with E-state index in [-0.39, 0.29) is 29.2 Å². The van der Waals surface area contributed by atoms with Gasteiger partial charge in [-0.25, -0.2) is 0 Å². The van der Waals surface area contributed by atoms with E-state index in [1.54, 1.807) is 19.1 Å². The summed E-state index contributed by atoms with van der Waals surface area (Å²) in [6, 6.07) is 3.48. The van der Waals surface area contributed by atoms with Gasteiger partial charge in [-0.1, -0.05) is 31.2 Å². The topological polar surface area (TPSA) is 178 Å². The highest BCUT2D eigenvalue weighted by Crippen LogP contribution is 2.55. The Balaban J connectivity index is 1.70. The van der Waals surface area contributed by atoms with Crippen LogP contribution in [0, 0.1) is 17.8 Å². The normalized spacial score (nSPS) is 39.0. The van der Waals surface area contributed by atoms with Crippen molar-refractivity contribution < 1.29 is 39.9 Å². The largest absolute Gasteiger partial charge is 0.508 e. The maximum Gasteiger partial charge on any atom is 0.230 e. The minimum absolute atomic E-state index is 0.0351. The molecule has 5 rings (SSSR count). The smallest absolute Gasteiger partial charge is 0.230 e. The van der Waals surface area contributed by atoms with Gasteiger partial charge in [-0.2, -0.15) is 0 Å². The number of hydrogen-bond acceptors (Lipinski definition) is 8. The van der Waals surface area contributed by atoms with Gasteiger partial charge in [-0.05, 0) is 30.7 Å². The number of carbonyl (C=O) groups is 3. The summed E-state index contributed by atoms with van der Waals surface area (Å²) in [7, 11) is 0. The standard InChI is InChI=1S/C25H27NO8/c1-9-11-6-7-12(10-4-2-3-5-10)19(28)16(11)21(30)18-15(9)20(29)13-8-14(27)17(24(26)33)22(31)25(13,34)23(18)32/h2,4,6-7,9-10,13-15,17,20,27-29,32,34H,3,5,8H2,1H3,(H2,26,33)/t9-,10?,13+,14?,15+,17?,20+,25+/m0/s1. The predicted octanol–water partition coefficient (Wildman–Crippen LogP) is 0.711. The number of aliphatic hydroxyl groups excluding tert-OH is 3. The van der Waals surface area contributed by atoms with Crippen LogP contribution in [0.2, 0.25) is 0 Å². The van der Waals surface area contributed by atoms with Crippen LogP contribution in [0.4, 0.5) is 0 Å². The van der Waals surface area contributed by atoms with Gasteiger partial charge in [0.05, 0.1) is 17.8 Å². The number of benzene rings is 1. The molecule has 9 nitrogen and oxygen atoms in total. The second kappa shape index (κ2) is 7.49. The summed E-state index contributed by atoms with van der Waals surface area (Å²) >= 11 is 0. The summed E-state index contributed by atoms with van der Waals surface area (Å²) in [4.78, 5) is 38.6. The van der Waals surface area contributed by atoms with E-state index in [1.165, 1.54) is 0 Å². The molecule has 0 saturated heterocycles. The zero-order valence-corrected chi connectivity index (χ0v) is 18.5. The molecule has 0 spiro atoms. The summed E-state index contributed by atoms with van der Waals surface area (Å²) in [5, 5.41) is 55.2. The Morgan fingerprint density at radius 3 is 2.44 bits per heavy atom. The quantitative estimate of drug-likeness (QED) is 0.271. The summed E-state index contributed by atoms with van der Waals surface area (Å²) in [6.07, 6.45) is 2.14. The van der Waals surface area contributed by atoms with E-state index in [0.29, 0.717) is 11.1 Å². The van der Waals surface area contributed by atoms with Crippen molar-refractivity contribution in [2.24, 2.45) is 23.5 Å². The number of aliphatic hydroxyl groups is 4. The molecule has 0 radical (unpaired) electrons. The summed E-state index contributed by atoms with van der Waals surface area (Å²) < 4.78 is 0. The summed E-state index contributed by atoms with van der Waals surface area (Å²) in [5.74, 6) is -9.20. The SMILES string of the molecule is C[C@H]1c2ccc(C3C=CCC3)c(O)c2C(=O)C2=C(O)[C@]3(O)C(=O)C(C(N)=O)C(O)C[C@@H]3[C@@H](O)[C@@H]21. The monoisotopic (exact) mass is 469 g/mol. The Bertz CT molecular complexity index is 1190. The predicted molar refractivity (Wildman–Crippen MR) is 118 cm³/mol. The van der Waals surface area contributed by atoms with Gasteiger partial charge >= 0.3 is 0 Å². The van der Waals surface area contributed by atoms with Crippen LogP contribution in [0.5, 0.6) is 5.75 Å². The lowest BCUT2D eigenvalue weighted by Crippen LogP contribution is -2.67. The molecule has 1 aromatic rings. The fourth-order valence-electron chi connectivity index (χ4n) is 6.51. The Hall–Kier alpha value is -3.01. The second-order valence-corrected chi connectivity index (χ2v) is 9.90. The number of phenolic OH excluding ortho intramolecular Hbond substituents is 1. The molecule has 1 amide bonds. The molecule has 180 valence electrons. The fourth-order valence-corrected chi connectivity index (χ4v) is 6.51. The van der Waals surface area contributed by atoms with E-state index in [4.69, 9.17) is 5.73 Å². The molecular formula is C25H27NO8. The van der Waals surface area contributed by atoms with Crippen LogP contribution in [0.15, 0.2) is 35.6 Å². The molecular weight excluding hydrogens is 442 g/mol. The number of carbonyl (C=O) groups excluding carboxylic acids is 3. The minimum atomic E-state index is -2.77. The van der Waals surface area contributed by atoms with E-state index in [9.17, 15) is 39.9 Å². The van der Waals surface area contributed by atoms with Gasteiger partial charge in [-0.3, -0.25) is 14.4 Å². The van der Waals surface area contributed by atoms with Gasteiger partial charge in [0.2, 0.25) is 5.91 Å². The Morgan fingerprint density at radius 2 is 1.82 bits per heavy atom. The summed E-state index contributed by atoms with van der Waals surface area (Å²) in [6.45, 7) is 1.72. The van der Waals surface area contributed by atoms with Gasteiger partial charge in [0, 0.05) is 28.9 Å². The highest BCUT2D eigenvalue weighted by Gasteiger charge is 2.66. The number of nitrogens with two attached hydrogens (primary N) is 1. The van der Waals surface area contributed by atoms with Crippen LogP contribution in [0.25, 0.3) is 0 Å². The molecule has 8 atom stereocenters. The number of rotatable bonds is 2. The van der Waals surface area contributed by atoms with Crippen molar-refractivity contribution in [3.8, 4) is 5.75 Å². The van der Waals surface area contributed by atoms with Crippen molar-refractivity contribution in [1.82, 2.24) is 0 Å². The van der Waals surface area contributed by atoms with Crippen LogP contribution in [0.3, 0.4) is 0 Å². The van der Waals surface area contributed by atoms with Crippen molar-refractivity contribution >= 4 is 17.5 Å². The maximum atomic E-state index is 13.7. The van der Waals surface area contributed by atoms with Gasteiger partial charge in [0.1, 0.15) is 17.4 Å². The number of primary amides is 1. The van der Waals surface area contributed by atoms with Gasteiger partial charge in [0.25, 0.3) is 0 Å². The number of aromatic hydroxyl groups is 1. The molecule has 9 heteroatoms. The zero-order chi connectivity index (χ0) is 24.7. The number of fused-ring (bicyclic) bond motifs is 3. The van der Waals surface area contributed by atoms with Gasteiger partial charge in [-0.15, -0.1) is 0 Å². The molecule has 3 unspecified atom stereocenters. The average molecular weight is 469 g/mol. The molecule has 1 saturated carbocycles. The van der Waals surface area contributed by atoms with E-state index >= 15 is 0 Å². The van der Waals surface area contributed by atoms with Crippen LogP contribution < -0.4 is 5.73 Å². The van der Waals surface area contributed by atoms with Crippen LogP contribution >= 0.6 is 0 Å². The van der Waals surface area contributed by atoms with Crippen molar-refractivity contribution in [2.45, 2.75) is 55.8 Å². The molecule has 0 heterocycles. The Kier molecular flexibility index (Phi) is 5.02. The third kappa shape index (κ3) is 2.74. The number of phenols is 1. The molecule has 7 N–H and O–H groups in total. The maximum absolute atomic E-state index is 13.7. The average Bonchev–Trinajstić information content (AvgIpc) is 3.31. The first kappa shape index (κ1) is 22.8. The molecule has 1 aromatic carbocycles. The first-order valence-electron chi connectivity index (χ1n) is 11.4. The molecule has 1 fully saturated rings. The second-order valence-electron chi connectivity index (χ2n) is 9.90. The lowest BCUT2D eigenvalue weighted by Gasteiger charge is -2.52. The number of amides is 1. The van der Waals surface area contributed by atoms with Crippen LogP contribution in [0.1, 0.15) is 59.5 Å². The lowest BCUT2D eigenvalue weighted by atomic mass is 9.54. The first-order valence-corrected chi connectivity index (χ1v) is 11.4. The molecule has 0 bridgehead atoms. The van der Waals surface area contributed by atoms with E-state index in [0.717, 1.165) is 12.8 Å². The molecule has 4 aliphatic rings. The Labute approximate surface area is 195 Å².